The molecule has 0 aliphatic rings. The molecule has 1 aromatic heterocycles. The Bertz CT molecular complexity index is 1760. The highest BCUT2D eigenvalue weighted by atomic mass is 31.2. The van der Waals surface area contributed by atoms with Crippen molar-refractivity contribution in [1.29, 1.82) is 0 Å². The summed E-state index contributed by atoms with van der Waals surface area (Å²) in [5, 5.41) is 30.1. The maximum atomic E-state index is 10.5. The second kappa shape index (κ2) is 16.4. The number of aromatic nitrogens is 3. The fraction of sp³-hybridized carbons (Fsp3) is 0.238. The van der Waals surface area contributed by atoms with Crippen LogP contribution in [0.25, 0.3) is 22.8 Å². The minimum absolute atomic E-state index is 0.145. The number of rotatable bonds is 16. The highest BCUT2D eigenvalue weighted by molar-refractivity contribution is 7.95. The summed E-state index contributed by atoms with van der Waals surface area (Å²) in [6, 6.07) is 47.9. The van der Waals surface area contributed by atoms with E-state index in [0.29, 0.717) is 29.3 Å². The number of unbranched alkanes of at least 4 members (excludes halogenated alkanes) is 7. The molecule has 0 aliphatic carbocycles. The number of hydrogen-bond donors (Lipinski definition) is 2. The van der Waals surface area contributed by atoms with Crippen molar-refractivity contribution in [1.82, 2.24) is 14.8 Å². The largest absolute Gasteiger partial charge is 0.507 e. The summed E-state index contributed by atoms with van der Waals surface area (Å²) in [7, 11) is -1.75. The number of aryl methyl sites for hydroxylation is 1. The van der Waals surface area contributed by atoms with Crippen molar-refractivity contribution in [3.8, 4) is 34.3 Å². The molecule has 6 heteroatoms. The SMILES string of the molecule is Oc1ccccc1-c1nc(-c2ccccc2O)n(CCCCCCCCCC[P+](c2ccccc2)(c2ccccc2)c2ccccc2)n1. The van der Waals surface area contributed by atoms with E-state index in [2.05, 4.69) is 91.0 Å². The van der Waals surface area contributed by atoms with Crippen LogP contribution in [0, 0.1) is 0 Å². The first kappa shape index (κ1) is 33.2. The lowest BCUT2D eigenvalue weighted by Gasteiger charge is -2.27. The van der Waals surface area contributed by atoms with Crippen molar-refractivity contribution in [2.45, 2.75) is 57.9 Å². The lowest BCUT2D eigenvalue weighted by molar-refractivity contribution is 0.474. The Morgan fingerprint density at radius 3 is 1.38 bits per heavy atom. The molecule has 0 bridgehead atoms. The molecular weight excluding hydrogens is 609 g/mol. The third-order valence-corrected chi connectivity index (χ3v) is 13.7. The molecule has 2 N–H and O–H groups in total. The van der Waals surface area contributed by atoms with Crippen molar-refractivity contribution in [2.24, 2.45) is 0 Å². The number of benzene rings is 5. The third kappa shape index (κ3) is 7.69. The standard InChI is InChI=1S/C42H44N3O2P/c46-39-30-18-16-28-37(39)41-43-42(38-29-17-19-31-40(38)47)45(44-41)32-20-5-3-1-2-4-6-21-33-48(34-22-10-7-11-23-34,35-24-12-8-13-25-35)36-26-14-9-15-27-36/h7-19,22-31H,1-6,20-21,32-33H2,(H-,43,44,46,47)/p+1. The van der Waals surface area contributed by atoms with Crippen LogP contribution in [0.15, 0.2) is 140 Å². The summed E-state index contributed by atoms with van der Waals surface area (Å²) in [4.78, 5) is 4.74. The van der Waals surface area contributed by atoms with Gasteiger partial charge in [0.05, 0.1) is 17.3 Å². The molecule has 5 nitrogen and oxygen atoms in total. The topological polar surface area (TPSA) is 71.2 Å². The molecule has 1 heterocycles. The molecule has 0 unspecified atom stereocenters. The van der Waals surface area contributed by atoms with Crippen LogP contribution in [0.2, 0.25) is 0 Å². The van der Waals surface area contributed by atoms with Crippen molar-refractivity contribution >= 4 is 23.2 Å². The van der Waals surface area contributed by atoms with Gasteiger partial charge in [0, 0.05) is 6.54 Å². The molecule has 0 spiro atoms. The molecule has 6 aromatic rings. The summed E-state index contributed by atoms with van der Waals surface area (Å²) in [6.07, 6.45) is 10.6. The zero-order valence-corrected chi connectivity index (χ0v) is 28.4. The molecule has 48 heavy (non-hydrogen) atoms. The average Bonchev–Trinajstić information content (AvgIpc) is 3.55. The number of para-hydroxylation sites is 2. The molecule has 5 aromatic carbocycles. The lowest BCUT2D eigenvalue weighted by atomic mass is 10.1. The molecule has 0 saturated carbocycles. The van der Waals surface area contributed by atoms with E-state index in [9.17, 15) is 10.2 Å². The molecule has 244 valence electrons. The van der Waals surface area contributed by atoms with Gasteiger partial charge in [-0.25, -0.2) is 9.67 Å². The molecule has 0 radical (unpaired) electrons. The van der Waals surface area contributed by atoms with Crippen molar-refractivity contribution in [3.63, 3.8) is 0 Å². The Hall–Kier alpha value is -4.73. The Morgan fingerprint density at radius 1 is 0.458 bits per heavy atom. The summed E-state index contributed by atoms with van der Waals surface area (Å²) < 4.78 is 1.87. The molecule has 0 atom stereocenters. The van der Waals surface area contributed by atoms with E-state index < -0.39 is 7.26 Å². The highest BCUT2D eigenvalue weighted by Gasteiger charge is 2.44. The normalized spacial score (nSPS) is 11.5. The molecular formula is C42H45N3O2P+. The number of hydrogen-bond acceptors (Lipinski definition) is 4. The molecule has 0 fully saturated rings. The van der Waals surface area contributed by atoms with Crippen LogP contribution in [-0.4, -0.2) is 31.1 Å². The van der Waals surface area contributed by atoms with Crippen LogP contribution in [0.1, 0.15) is 51.4 Å². The van der Waals surface area contributed by atoms with Crippen molar-refractivity contribution in [2.75, 3.05) is 6.16 Å². The van der Waals surface area contributed by atoms with Crippen LogP contribution >= 0.6 is 7.26 Å². The van der Waals surface area contributed by atoms with Crippen LogP contribution in [-0.2, 0) is 6.54 Å². The maximum Gasteiger partial charge on any atom is 0.185 e. The number of phenolic OH excluding ortho intramolecular Hbond substituents is 2. The molecule has 6 rings (SSSR count). The van der Waals surface area contributed by atoms with Gasteiger partial charge in [-0.15, -0.1) is 0 Å². The van der Waals surface area contributed by atoms with Crippen LogP contribution in [0.5, 0.6) is 11.5 Å². The van der Waals surface area contributed by atoms with Gasteiger partial charge in [0.1, 0.15) is 34.7 Å². The second-order valence-electron chi connectivity index (χ2n) is 12.4. The minimum Gasteiger partial charge on any atom is -0.507 e. The van der Waals surface area contributed by atoms with E-state index >= 15 is 0 Å². The van der Waals surface area contributed by atoms with E-state index in [-0.39, 0.29) is 11.5 Å². The average molecular weight is 655 g/mol. The van der Waals surface area contributed by atoms with Gasteiger partial charge in [0.15, 0.2) is 11.6 Å². The Labute approximate surface area is 285 Å². The summed E-state index contributed by atoms with van der Waals surface area (Å²) in [5.74, 6) is 1.40. The first-order chi connectivity index (χ1) is 23.7. The Kier molecular flexibility index (Phi) is 11.3. The third-order valence-electron chi connectivity index (χ3n) is 9.17. The predicted molar refractivity (Wildman–Crippen MR) is 201 cm³/mol. The zero-order chi connectivity index (χ0) is 33.0. The fourth-order valence-corrected chi connectivity index (χ4v) is 11.1. The van der Waals surface area contributed by atoms with Gasteiger partial charge in [-0.2, -0.15) is 5.10 Å². The van der Waals surface area contributed by atoms with Crippen LogP contribution in [0.4, 0.5) is 0 Å². The van der Waals surface area contributed by atoms with E-state index in [1.165, 1.54) is 60.6 Å². The van der Waals surface area contributed by atoms with Gasteiger partial charge < -0.3 is 10.2 Å². The summed E-state index contributed by atoms with van der Waals surface area (Å²) in [6.45, 7) is 0.703. The van der Waals surface area contributed by atoms with Gasteiger partial charge >= 0.3 is 0 Å². The predicted octanol–water partition coefficient (Wildman–Crippen LogP) is 9.14. The molecule has 0 amide bonds. The van der Waals surface area contributed by atoms with Gasteiger partial charge in [0.2, 0.25) is 0 Å². The van der Waals surface area contributed by atoms with E-state index in [4.69, 9.17) is 10.1 Å². The van der Waals surface area contributed by atoms with E-state index in [1.807, 2.05) is 28.9 Å². The zero-order valence-electron chi connectivity index (χ0n) is 27.5. The first-order valence-corrected chi connectivity index (χ1v) is 19.2. The van der Waals surface area contributed by atoms with Crippen molar-refractivity contribution < 1.29 is 10.2 Å². The Balaban J connectivity index is 1.02. The first-order valence-electron chi connectivity index (χ1n) is 17.2. The van der Waals surface area contributed by atoms with Gasteiger partial charge in [-0.3, -0.25) is 0 Å². The van der Waals surface area contributed by atoms with E-state index in [1.54, 1.807) is 24.3 Å². The molecule has 0 aliphatic heterocycles. The fourth-order valence-electron chi connectivity index (χ4n) is 6.69. The van der Waals surface area contributed by atoms with Crippen LogP contribution in [0.3, 0.4) is 0 Å². The smallest absolute Gasteiger partial charge is 0.185 e. The van der Waals surface area contributed by atoms with Gasteiger partial charge in [-0.1, -0.05) is 111 Å². The van der Waals surface area contributed by atoms with E-state index in [0.717, 1.165) is 12.8 Å². The number of phenols is 2. The van der Waals surface area contributed by atoms with Gasteiger partial charge in [0.25, 0.3) is 0 Å². The quantitative estimate of drug-likeness (QED) is 0.0807. The maximum absolute atomic E-state index is 10.5. The van der Waals surface area contributed by atoms with Crippen molar-refractivity contribution in [3.05, 3.63) is 140 Å². The van der Waals surface area contributed by atoms with Crippen LogP contribution < -0.4 is 15.9 Å². The lowest BCUT2D eigenvalue weighted by Crippen LogP contribution is -2.33. The minimum atomic E-state index is -1.75. The number of aromatic hydroxyl groups is 2. The van der Waals surface area contributed by atoms with Gasteiger partial charge in [-0.05, 0) is 79.9 Å². The summed E-state index contributed by atoms with van der Waals surface area (Å²) in [5.41, 5.74) is 1.23. The Morgan fingerprint density at radius 2 is 0.875 bits per heavy atom. The molecule has 0 saturated heterocycles. The number of nitrogens with zero attached hydrogens (tertiary/aromatic N) is 3. The summed E-state index contributed by atoms with van der Waals surface area (Å²) >= 11 is 0. The monoisotopic (exact) mass is 654 g/mol. The second-order valence-corrected chi connectivity index (χ2v) is 16.0. The highest BCUT2D eigenvalue weighted by Crippen LogP contribution is 2.56.